The summed E-state index contributed by atoms with van der Waals surface area (Å²) in [5.41, 5.74) is 6.30. The first-order chi connectivity index (χ1) is 30.2. The van der Waals surface area contributed by atoms with Gasteiger partial charge in [0.1, 0.15) is 34.4 Å². The number of fused-ring (bicyclic) bond motifs is 2. The van der Waals surface area contributed by atoms with Crippen LogP contribution in [-0.4, -0.2) is 112 Å². The van der Waals surface area contributed by atoms with E-state index in [1.54, 1.807) is 48.3 Å². The molecule has 2 amide bonds. The molecule has 0 radical (unpaired) electrons. The van der Waals surface area contributed by atoms with Crippen molar-refractivity contribution in [1.82, 2.24) is 71.0 Å². The molecule has 2 aliphatic heterocycles. The molecule has 2 aliphatic rings. The van der Waals surface area contributed by atoms with E-state index < -0.39 is 8.32 Å². The van der Waals surface area contributed by atoms with Gasteiger partial charge in [0.2, 0.25) is 11.6 Å². The molecule has 8 heterocycles. The number of pyridine rings is 4. The molecule has 20 nitrogen and oxygen atoms in total. The maximum atomic E-state index is 12.8. The third-order valence-electron chi connectivity index (χ3n) is 11.4. The van der Waals surface area contributed by atoms with Gasteiger partial charge in [-0.25, -0.2) is 19.3 Å². The van der Waals surface area contributed by atoms with E-state index in [2.05, 4.69) is 106 Å². The minimum absolute atomic E-state index is 0. The van der Waals surface area contributed by atoms with E-state index in [1.807, 2.05) is 31.2 Å². The van der Waals surface area contributed by atoms with Crippen LogP contribution in [0, 0.1) is 0 Å². The lowest BCUT2D eigenvalue weighted by atomic mass is 10.0. The summed E-state index contributed by atoms with van der Waals surface area (Å²) in [7, 11) is -1.90. The second-order valence-electron chi connectivity index (χ2n) is 17.1. The van der Waals surface area contributed by atoms with Crippen molar-refractivity contribution < 1.29 is 19.1 Å². The third-order valence-corrected chi connectivity index (χ3v) is 15.9. The molecular formula is C42H55ClN16O4Si. The number of anilines is 2. The Hall–Kier alpha value is -5.97. The number of aliphatic hydroxyl groups excluding tert-OH is 1. The van der Waals surface area contributed by atoms with Crippen molar-refractivity contribution >= 4 is 44.2 Å². The molecular weight excluding hydrogens is 856 g/mol. The minimum Gasteiger partial charge on any atom is -0.415 e. The fourth-order valence-electron chi connectivity index (χ4n) is 6.60. The quantitative estimate of drug-likeness (QED) is 0.105. The average molecular weight is 912 g/mol. The molecule has 338 valence electrons. The van der Waals surface area contributed by atoms with Crippen LogP contribution in [0.1, 0.15) is 89.9 Å². The zero-order valence-electron chi connectivity index (χ0n) is 37.0. The first-order valence-electron chi connectivity index (χ1n) is 21.0. The summed E-state index contributed by atoms with van der Waals surface area (Å²) in [5.74, 6) is 1.07. The first kappa shape index (κ1) is 47.5. The number of hydrogen-bond donors (Lipinski definition) is 5. The molecule has 2 atom stereocenters. The van der Waals surface area contributed by atoms with E-state index in [1.165, 1.54) is 15.8 Å². The molecule has 8 rings (SSSR count). The minimum atomic E-state index is -1.90. The number of nitrogens with one attached hydrogen (secondary N) is 4. The van der Waals surface area contributed by atoms with E-state index in [0.717, 1.165) is 50.1 Å². The molecule has 0 aliphatic carbocycles. The van der Waals surface area contributed by atoms with Gasteiger partial charge in [-0.3, -0.25) is 19.6 Å². The summed E-state index contributed by atoms with van der Waals surface area (Å²) >= 11 is 0. The molecule has 0 saturated heterocycles. The Bertz CT molecular complexity index is 2560. The van der Waals surface area contributed by atoms with Gasteiger partial charge < -0.3 is 30.8 Å². The monoisotopic (exact) mass is 910 g/mol. The van der Waals surface area contributed by atoms with Gasteiger partial charge in [0.25, 0.3) is 11.8 Å². The largest absolute Gasteiger partial charge is 0.415 e. The lowest BCUT2D eigenvalue weighted by molar-refractivity contribution is 0.101. The van der Waals surface area contributed by atoms with Gasteiger partial charge in [0.05, 0.1) is 25.3 Å². The molecule has 0 bridgehead atoms. The second-order valence-corrected chi connectivity index (χ2v) is 21.9. The van der Waals surface area contributed by atoms with Gasteiger partial charge in [-0.05, 0) is 137 Å². The Morgan fingerprint density at radius 3 is 1.69 bits per heavy atom. The van der Waals surface area contributed by atoms with Crippen LogP contribution in [0.2, 0.25) is 18.1 Å². The van der Waals surface area contributed by atoms with Crippen molar-refractivity contribution in [3.63, 3.8) is 0 Å². The predicted octanol–water partition coefficient (Wildman–Crippen LogP) is 4.61. The molecule has 0 fully saturated rings. The van der Waals surface area contributed by atoms with Crippen LogP contribution in [0.4, 0.5) is 11.6 Å². The number of nitrogens with zero attached hydrogens (tertiary/aromatic N) is 12. The molecule has 22 heteroatoms. The number of rotatable bonds is 12. The number of hydrogen-bond acceptors (Lipinski definition) is 16. The fourth-order valence-corrected chi connectivity index (χ4v) is 7.69. The second kappa shape index (κ2) is 20.7. The van der Waals surface area contributed by atoms with E-state index >= 15 is 0 Å². The summed E-state index contributed by atoms with van der Waals surface area (Å²) in [5, 5.41) is 45.5. The SMILES string of the molecule is C[C@H](CO)n1nnnc1-c1cccc(NC(=O)c2cc3c(cn2)CCNC3)n1.C[C@H](CO[Si](C)(C)C(C)(C)C)n1nnnc1-c1cccc(NC(=O)c2cc3c(cn2)CCNC3)n1.Cl. The molecule has 0 spiro atoms. The van der Waals surface area contributed by atoms with Crippen molar-refractivity contribution in [3.8, 4) is 23.0 Å². The summed E-state index contributed by atoms with van der Waals surface area (Å²) in [6.45, 7) is 18.6. The Kier molecular flexibility index (Phi) is 15.4. The Labute approximate surface area is 378 Å². The van der Waals surface area contributed by atoms with E-state index in [0.29, 0.717) is 52.7 Å². The van der Waals surface area contributed by atoms with Gasteiger partial charge >= 0.3 is 0 Å². The standard InChI is InChI=1S/C24H34N8O2Si.C18H20N8O2.ClH/c1-16(15-34-35(5,6)24(2,3)4)32-22(29-30-31-32)19-8-7-9-21(27-19)28-23(33)20-12-18-13-25-11-10-17(18)14-26-20;1-11(10-27)26-17(23-24-25-26)14-3-2-4-16(21-14)22-18(28)15-7-13-8-19-6-5-12(13)9-20-15;/h7-9,12,14,16,25H,10-11,13,15H2,1-6H3,(H,27,28,33);2-4,7,9,11,19,27H,5-6,8,10H2,1H3,(H,21,22,28);1H/t16-;11-;/m11./s1. The van der Waals surface area contributed by atoms with Crippen molar-refractivity contribution in [3.05, 3.63) is 94.6 Å². The molecule has 0 unspecified atom stereocenters. The van der Waals surface area contributed by atoms with Gasteiger partial charge in [-0.1, -0.05) is 32.9 Å². The molecule has 64 heavy (non-hydrogen) atoms. The summed E-state index contributed by atoms with van der Waals surface area (Å²) < 4.78 is 9.58. The molecule has 6 aromatic rings. The lowest BCUT2D eigenvalue weighted by Gasteiger charge is -2.36. The van der Waals surface area contributed by atoms with Crippen LogP contribution in [0.15, 0.2) is 60.9 Å². The number of aliphatic hydroxyl groups is 1. The topological polar surface area (TPSA) is 250 Å². The van der Waals surface area contributed by atoms with Crippen LogP contribution in [0.25, 0.3) is 23.0 Å². The maximum Gasteiger partial charge on any atom is 0.275 e. The molecule has 6 aromatic heterocycles. The number of aromatic nitrogens is 12. The zero-order chi connectivity index (χ0) is 44.7. The number of amides is 2. The van der Waals surface area contributed by atoms with Crippen molar-refractivity contribution in [2.45, 2.75) is 90.8 Å². The molecule has 0 saturated carbocycles. The van der Waals surface area contributed by atoms with Gasteiger partial charge in [0.15, 0.2) is 8.32 Å². The van der Waals surface area contributed by atoms with Crippen LogP contribution < -0.4 is 21.3 Å². The van der Waals surface area contributed by atoms with Crippen LogP contribution in [-0.2, 0) is 30.4 Å². The Morgan fingerprint density at radius 1 is 0.766 bits per heavy atom. The highest BCUT2D eigenvalue weighted by Crippen LogP contribution is 2.37. The van der Waals surface area contributed by atoms with E-state index in [4.69, 9.17) is 4.43 Å². The molecule has 5 N–H and O–H groups in total. The molecule has 0 aromatic carbocycles. The van der Waals surface area contributed by atoms with Gasteiger partial charge in [0, 0.05) is 25.5 Å². The highest BCUT2D eigenvalue weighted by Gasteiger charge is 2.37. The lowest BCUT2D eigenvalue weighted by Crippen LogP contribution is -2.42. The Morgan fingerprint density at radius 2 is 1.23 bits per heavy atom. The zero-order valence-corrected chi connectivity index (χ0v) is 38.8. The van der Waals surface area contributed by atoms with Crippen molar-refractivity contribution in [1.29, 1.82) is 0 Å². The normalized spacial score (nSPS) is 14.4. The van der Waals surface area contributed by atoms with Crippen LogP contribution >= 0.6 is 12.4 Å². The van der Waals surface area contributed by atoms with Crippen LogP contribution in [0.5, 0.6) is 0 Å². The van der Waals surface area contributed by atoms with Crippen LogP contribution in [0.3, 0.4) is 0 Å². The highest BCUT2D eigenvalue weighted by molar-refractivity contribution is 6.74. The summed E-state index contributed by atoms with van der Waals surface area (Å²) in [4.78, 5) is 43.1. The average Bonchev–Trinajstić information content (AvgIpc) is 3.99. The summed E-state index contributed by atoms with van der Waals surface area (Å²) in [6, 6.07) is 13.8. The number of halogens is 1. The Balaban J connectivity index is 0.000000214. The van der Waals surface area contributed by atoms with Crippen molar-refractivity contribution in [2.75, 3.05) is 36.9 Å². The predicted molar refractivity (Wildman–Crippen MR) is 244 cm³/mol. The van der Waals surface area contributed by atoms with Gasteiger partial charge in [-0.2, -0.15) is 0 Å². The number of tetrazole rings is 2. The van der Waals surface area contributed by atoms with E-state index in [-0.39, 0.29) is 48.0 Å². The third kappa shape index (κ3) is 11.2. The maximum absolute atomic E-state index is 12.8. The smallest absolute Gasteiger partial charge is 0.275 e. The number of carbonyl (C=O) groups excluding carboxylic acids is 2. The number of carbonyl (C=O) groups is 2. The first-order valence-corrected chi connectivity index (χ1v) is 23.9. The highest BCUT2D eigenvalue weighted by atomic mass is 35.5. The van der Waals surface area contributed by atoms with Gasteiger partial charge in [-0.15, -0.1) is 22.6 Å². The summed E-state index contributed by atoms with van der Waals surface area (Å²) in [6.07, 6.45) is 5.38. The van der Waals surface area contributed by atoms with E-state index in [9.17, 15) is 14.7 Å². The fraction of sp³-hybridized carbons (Fsp3) is 0.429. The van der Waals surface area contributed by atoms with Crippen molar-refractivity contribution in [2.24, 2.45) is 0 Å².